The summed E-state index contributed by atoms with van der Waals surface area (Å²) < 4.78 is 0. The van der Waals surface area contributed by atoms with Crippen LogP contribution in [-0.4, -0.2) is 4.98 Å². The van der Waals surface area contributed by atoms with Gasteiger partial charge in [0, 0.05) is 11.8 Å². The average Bonchev–Trinajstić information content (AvgIpc) is 2.60. The van der Waals surface area contributed by atoms with Crippen molar-refractivity contribution in [2.24, 2.45) is 11.3 Å². The molecule has 0 aliphatic heterocycles. The van der Waals surface area contributed by atoms with Crippen LogP contribution < -0.4 is 0 Å². The topological polar surface area (TPSA) is 12.9 Å². The molecule has 0 amide bonds. The maximum absolute atomic E-state index is 4.85. The van der Waals surface area contributed by atoms with Crippen molar-refractivity contribution in [2.75, 3.05) is 0 Å². The van der Waals surface area contributed by atoms with Crippen molar-refractivity contribution < 1.29 is 0 Å². The quantitative estimate of drug-likeness (QED) is 0.695. The number of benzene rings is 1. The smallest absolute Gasteiger partial charge is 0.0705 e. The van der Waals surface area contributed by atoms with Crippen molar-refractivity contribution in [3.05, 3.63) is 52.7 Å². The molecule has 6 rings (SSSR count). The van der Waals surface area contributed by atoms with Crippen LogP contribution >= 0.6 is 0 Å². The normalized spacial score (nSPS) is 26.9. The van der Waals surface area contributed by atoms with Crippen molar-refractivity contribution >= 4 is 0 Å². The maximum Gasteiger partial charge on any atom is 0.0705 e. The fraction of sp³-hybridized carbons (Fsp3) is 0.500. The molecule has 1 heterocycles. The van der Waals surface area contributed by atoms with E-state index in [0.717, 1.165) is 11.8 Å². The molecular weight excluding hydrogens is 278 g/mol. The number of aromatic nitrogens is 1. The lowest BCUT2D eigenvalue weighted by molar-refractivity contribution is 0.0183. The monoisotopic (exact) mass is 303 g/mol. The molecule has 0 saturated heterocycles. The van der Waals surface area contributed by atoms with Gasteiger partial charge < -0.3 is 0 Å². The molecule has 2 atom stereocenters. The molecule has 0 N–H and O–H groups in total. The van der Waals surface area contributed by atoms with E-state index in [1.165, 1.54) is 55.3 Å². The predicted octanol–water partition coefficient (Wildman–Crippen LogP) is 5.31. The summed E-state index contributed by atoms with van der Waals surface area (Å²) in [5, 5.41) is 0. The molecule has 1 fully saturated rings. The van der Waals surface area contributed by atoms with Crippen LogP contribution in [-0.2, 0) is 19.3 Å². The lowest BCUT2D eigenvalue weighted by Gasteiger charge is -2.57. The lowest BCUT2D eigenvalue weighted by Crippen LogP contribution is -2.48. The summed E-state index contributed by atoms with van der Waals surface area (Å²) in [4.78, 5) is 4.85. The van der Waals surface area contributed by atoms with Crippen molar-refractivity contribution in [1.82, 2.24) is 4.98 Å². The fourth-order valence-electron chi connectivity index (χ4n) is 5.20. The molecule has 4 aliphatic carbocycles. The highest BCUT2D eigenvalue weighted by Crippen LogP contribution is 2.62. The van der Waals surface area contributed by atoms with Gasteiger partial charge >= 0.3 is 0 Å². The first-order valence-electron chi connectivity index (χ1n) is 9.24. The van der Waals surface area contributed by atoms with Crippen molar-refractivity contribution in [3.63, 3.8) is 0 Å². The zero-order valence-corrected chi connectivity index (χ0v) is 14.2. The Morgan fingerprint density at radius 3 is 2.65 bits per heavy atom. The summed E-state index contributed by atoms with van der Waals surface area (Å²) >= 11 is 0. The number of hydrogen-bond acceptors (Lipinski definition) is 1. The Balaban J connectivity index is 1.53. The highest BCUT2D eigenvalue weighted by Gasteiger charge is 2.52. The first-order valence-corrected chi connectivity index (χ1v) is 9.24. The van der Waals surface area contributed by atoms with E-state index in [0.29, 0.717) is 5.41 Å². The third-order valence-electron chi connectivity index (χ3n) is 6.98. The van der Waals surface area contributed by atoms with Crippen molar-refractivity contribution in [2.45, 2.75) is 58.3 Å². The molecule has 1 nitrogen and oxygen atoms in total. The van der Waals surface area contributed by atoms with E-state index in [9.17, 15) is 0 Å². The zero-order chi connectivity index (χ0) is 15.6. The molecule has 1 saturated carbocycles. The first kappa shape index (κ1) is 13.8. The molecule has 0 radical (unpaired) electrons. The fourth-order valence-corrected chi connectivity index (χ4v) is 5.20. The highest BCUT2D eigenvalue weighted by molar-refractivity contribution is 5.63. The third kappa shape index (κ3) is 1.95. The molecule has 4 aliphatic rings. The third-order valence-corrected chi connectivity index (χ3v) is 6.98. The standard InChI is InChI=1S/C22H25N/c1-22(2)18-10-17-11-21(23-13-19(17)20(22)12-18)16-8-7-14-5-3-4-6-15(14)9-16/h7-9,11,13,18,20H,3-6,10,12H2,1-2H3. The summed E-state index contributed by atoms with van der Waals surface area (Å²) in [6, 6.07) is 9.41. The van der Waals surface area contributed by atoms with E-state index in [-0.39, 0.29) is 0 Å². The Kier molecular flexibility index (Phi) is 2.81. The number of nitrogens with zero attached hydrogens (tertiary/aromatic N) is 1. The SMILES string of the molecule is CC1(C)C2Cc3cc(-c4ccc5c(c4)CCCC5)ncc3C1C2. The number of hydrogen-bond donors (Lipinski definition) is 0. The predicted molar refractivity (Wildman–Crippen MR) is 94.6 cm³/mol. The molecule has 118 valence electrons. The molecule has 23 heavy (non-hydrogen) atoms. The summed E-state index contributed by atoms with van der Waals surface area (Å²) in [5.74, 6) is 1.61. The van der Waals surface area contributed by atoms with Gasteiger partial charge in [-0.1, -0.05) is 26.0 Å². The van der Waals surface area contributed by atoms with E-state index >= 15 is 0 Å². The van der Waals surface area contributed by atoms with Crippen molar-refractivity contribution in [3.8, 4) is 11.3 Å². The lowest BCUT2D eigenvalue weighted by atomic mass is 9.47. The molecular formula is C22H25N. The second-order valence-corrected chi connectivity index (χ2v) is 8.47. The van der Waals surface area contributed by atoms with Gasteiger partial charge in [0.05, 0.1) is 5.69 Å². The van der Waals surface area contributed by atoms with Gasteiger partial charge in [0.25, 0.3) is 0 Å². The van der Waals surface area contributed by atoms with Crippen LogP contribution in [0.4, 0.5) is 0 Å². The van der Waals surface area contributed by atoms with Gasteiger partial charge in [-0.3, -0.25) is 4.98 Å². The van der Waals surface area contributed by atoms with Crippen LogP contribution in [0.3, 0.4) is 0 Å². The van der Waals surface area contributed by atoms with Crippen molar-refractivity contribution in [1.29, 1.82) is 0 Å². The van der Waals surface area contributed by atoms with Gasteiger partial charge in [0.1, 0.15) is 0 Å². The molecule has 1 aromatic heterocycles. The Bertz CT molecular complexity index is 787. The van der Waals surface area contributed by atoms with E-state index < -0.39 is 0 Å². The van der Waals surface area contributed by atoms with Crippen LogP contribution in [0, 0.1) is 11.3 Å². The van der Waals surface area contributed by atoms with E-state index in [1.807, 2.05) is 0 Å². The summed E-state index contributed by atoms with van der Waals surface area (Å²) in [7, 11) is 0. The molecule has 0 spiro atoms. The second kappa shape index (κ2) is 4.69. The Morgan fingerprint density at radius 1 is 1.00 bits per heavy atom. The van der Waals surface area contributed by atoms with Crippen LogP contribution in [0.5, 0.6) is 0 Å². The minimum absolute atomic E-state index is 0.488. The minimum atomic E-state index is 0.488. The van der Waals surface area contributed by atoms with Gasteiger partial charge in [-0.15, -0.1) is 0 Å². The minimum Gasteiger partial charge on any atom is -0.256 e. The molecule has 1 heteroatoms. The van der Waals surface area contributed by atoms with E-state index in [2.05, 4.69) is 44.3 Å². The summed E-state index contributed by atoms with van der Waals surface area (Å²) in [5.41, 5.74) is 9.18. The second-order valence-electron chi connectivity index (χ2n) is 8.47. The molecule has 1 aromatic carbocycles. The number of rotatable bonds is 1. The summed E-state index contributed by atoms with van der Waals surface area (Å²) in [6.07, 6.45) is 10.00. The van der Waals surface area contributed by atoms with Gasteiger partial charge in [-0.25, -0.2) is 0 Å². The molecule has 2 bridgehead atoms. The number of fused-ring (bicyclic) bond motifs is 1. The summed E-state index contributed by atoms with van der Waals surface area (Å²) in [6.45, 7) is 4.87. The average molecular weight is 303 g/mol. The van der Waals surface area contributed by atoms with Gasteiger partial charge in [0.15, 0.2) is 0 Å². The Morgan fingerprint density at radius 2 is 1.83 bits per heavy atom. The van der Waals surface area contributed by atoms with E-state index in [1.54, 1.807) is 16.7 Å². The Labute approximate surface area is 139 Å². The van der Waals surface area contributed by atoms with E-state index in [4.69, 9.17) is 4.98 Å². The number of aryl methyl sites for hydroxylation is 2. The van der Waals surface area contributed by atoms with Gasteiger partial charge in [-0.05, 0) is 90.2 Å². The van der Waals surface area contributed by atoms with Crippen LogP contribution in [0.25, 0.3) is 11.3 Å². The van der Waals surface area contributed by atoms with Crippen LogP contribution in [0.15, 0.2) is 30.5 Å². The maximum atomic E-state index is 4.85. The highest BCUT2D eigenvalue weighted by atomic mass is 14.7. The largest absolute Gasteiger partial charge is 0.256 e. The number of pyridine rings is 1. The Hall–Kier alpha value is -1.63. The first-order chi connectivity index (χ1) is 11.1. The molecule has 2 aromatic rings. The van der Waals surface area contributed by atoms with Crippen LogP contribution in [0.2, 0.25) is 0 Å². The molecule has 2 unspecified atom stereocenters. The zero-order valence-electron chi connectivity index (χ0n) is 14.2. The van der Waals surface area contributed by atoms with Crippen LogP contribution in [0.1, 0.15) is 61.3 Å². The van der Waals surface area contributed by atoms with Gasteiger partial charge in [0.2, 0.25) is 0 Å². The van der Waals surface area contributed by atoms with Gasteiger partial charge in [-0.2, -0.15) is 0 Å².